The van der Waals surface area contributed by atoms with Gasteiger partial charge < -0.3 is 9.88 Å². The molecule has 0 saturated heterocycles. The molecule has 1 aromatic carbocycles. The van der Waals surface area contributed by atoms with Crippen LogP contribution >= 0.6 is 0 Å². The Hall–Kier alpha value is -1.86. The number of aromatic nitrogens is 2. The summed E-state index contributed by atoms with van der Waals surface area (Å²) in [5, 5.41) is 8.42. The average molecular weight is 294 g/mol. The van der Waals surface area contributed by atoms with Gasteiger partial charge in [-0.1, -0.05) is 0 Å². The Morgan fingerprint density at radius 3 is 2.60 bits per heavy atom. The minimum Gasteiger partial charge on any atom is -0.379 e. The van der Waals surface area contributed by atoms with Gasteiger partial charge in [-0.15, -0.1) is 0 Å². The largest absolute Gasteiger partial charge is 0.379 e. The molecule has 0 aliphatic heterocycles. The van der Waals surface area contributed by atoms with Crippen LogP contribution in [-0.2, 0) is 23.6 Å². The van der Waals surface area contributed by atoms with E-state index in [1.165, 1.54) is 0 Å². The molecule has 0 aliphatic carbocycles. The molecule has 0 fully saturated rings. The molecule has 1 aromatic heterocycles. The van der Waals surface area contributed by atoms with Crippen molar-refractivity contribution in [1.29, 1.82) is 0 Å². The summed E-state index contributed by atoms with van der Waals surface area (Å²) in [6, 6.07) is 3.15. The molecule has 1 heterocycles. The minimum absolute atomic E-state index is 0.119. The Balaban J connectivity index is 2.32. The first-order valence-electron chi connectivity index (χ1n) is 6.12. The number of primary sulfonamides is 1. The number of sulfonamides is 1. The summed E-state index contributed by atoms with van der Waals surface area (Å²) < 4.78 is 24.8. The van der Waals surface area contributed by atoms with Crippen LogP contribution in [-0.4, -0.2) is 18.0 Å². The normalized spacial score (nSPS) is 11.6. The molecule has 0 radical (unpaired) electrons. The van der Waals surface area contributed by atoms with Crippen molar-refractivity contribution in [3.8, 4) is 0 Å². The van der Waals surface area contributed by atoms with Crippen LogP contribution in [0.25, 0.3) is 0 Å². The molecule has 7 heteroatoms. The first-order valence-corrected chi connectivity index (χ1v) is 7.67. The number of nitrogens with two attached hydrogens (primary N) is 1. The predicted molar refractivity (Wildman–Crippen MR) is 77.8 cm³/mol. The van der Waals surface area contributed by atoms with Crippen LogP contribution in [0.3, 0.4) is 0 Å². The van der Waals surface area contributed by atoms with Crippen molar-refractivity contribution in [3.05, 3.63) is 41.5 Å². The summed E-state index contributed by atoms with van der Waals surface area (Å²) in [4.78, 5) is 4.16. The zero-order chi connectivity index (χ0) is 14.9. The Morgan fingerprint density at radius 2 is 2.05 bits per heavy atom. The van der Waals surface area contributed by atoms with Gasteiger partial charge in [0.1, 0.15) is 0 Å². The van der Waals surface area contributed by atoms with Gasteiger partial charge in [0, 0.05) is 18.9 Å². The van der Waals surface area contributed by atoms with Gasteiger partial charge in [-0.25, -0.2) is 18.5 Å². The van der Waals surface area contributed by atoms with Crippen LogP contribution in [0.4, 0.5) is 5.69 Å². The Morgan fingerprint density at radius 1 is 1.35 bits per heavy atom. The van der Waals surface area contributed by atoms with Gasteiger partial charge in [0.25, 0.3) is 0 Å². The second kappa shape index (κ2) is 5.26. The molecular weight excluding hydrogens is 276 g/mol. The van der Waals surface area contributed by atoms with Gasteiger partial charge in [-0.05, 0) is 37.1 Å². The fourth-order valence-electron chi connectivity index (χ4n) is 1.91. The summed E-state index contributed by atoms with van der Waals surface area (Å²) in [5.41, 5.74) is 3.64. The maximum atomic E-state index is 11.5. The number of rotatable bonds is 4. The summed E-state index contributed by atoms with van der Waals surface area (Å²) in [6.07, 6.45) is 3.48. The van der Waals surface area contributed by atoms with Gasteiger partial charge >= 0.3 is 0 Å². The van der Waals surface area contributed by atoms with Crippen LogP contribution in [0.1, 0.15) is 16.8 Å². The van der Waals surface area contributed by atoms with Crippen molar-refractivity contribution in [2.75, 3.05) is 5.32 Å². The lowest BCUT2D eigenvalue weighted by atomic mass is 10.1. The van der Waals surface area contributed by atoms with E-state index in [-0.39, 0.29) is 4.90 Å². The molecule has 20 heavy (non-hydrogen) atoms. The van der Waals surface area contributed by atoms with E-state index in [0.29, 0.717) is 6.54 Å². The first-order chi connectivity index (χ1) is 9.29. The van der Waals surface area contributed by atoms with Crippen LogP contribution in [0.2, 0.25) is 0 Å². The number of imidazole rings is 1. The highest BCUT2D eigenvalue weighted by Gasteiger charge is 2.12. The zero-order valence-corrected chi connectivity index (χ0v) is 12.5. The highest BCUT2D eigenvalue weighted by atomic mass is 32.2. The van der Waals surface area contributed by atoms with Gasteiger partial charge in [0.05, 0.1) is 23.5 Å². The molecule has 2 aromatic rings. The van der Waals surface area contributed by atoms with E-state index >= 15 is 0 Å². The number of anilines is 1. The Labute approximate surface area is 118 Å². The maximum absolute atomic E-state index is 11.5. The topological polar surface area (TPSA) is 90.0 Å². The molecule has 0 saturated carbocycles. The molecule has 0 unspecified atom stereocenters. The summed E-state index contributed by atoms with van der Waals surface area (Å²) >= 11 is 0. The number of benzene rings is 1. The predicted octanol–water partition coefficient (Wildman–Crippen LogP) is 1.30. The smallest absolute Gasteiger partial charge is 0.238 e. The van der Waals surface area contributed by atoms with Gasteiger partial charge in [-0.2, -0.15) is 0 Å². The SMILES string of the molecule is Cc1cc(S(N)(=O)=O)cc(NCc2cncn2C)c1C. The molecule has 0 atom stereocenters. The van der Waals surface area contributed by atoms with Crippen LogP contribution in [0, 0.1) is 13.8 Å². The lowest BCUT2D eigenvalue weighted by Crippen LogP contribution is -2.14. The third kappa shape index (κ3) is 3.00. The maximum Gasteiger partial charge on any atom is 0.238 e. The number of hydrogen-bond donors (Lipinski definition) is 2. The van der Waals surface area contributed by atoms with E-state index in [4.69, 9.17) is 5.14 Å². The van der Waals surface area contributed by atoms with Crippen molar-refractivity contribution < 1.29 is 8.42 Å². The van der Waals surface area contributed by atoms with Crippen molar-refractivity contribution in [3.63, 3.8) is 0 Å². The highest BCUT2D eigenvalue weighted by Crippen LogP contribution is 2.24. The zero-order valence-electron chi connectivity index (χ0n) is 11.7. The number of aryl methyl sites for hydroxylation is 2. The van der Waals surface area contributed by atoms with E-state index < -0.39 is 10.0 Å². The van der Waals surface area contributed by atoms with E-state index in [1.54, 1.807) is 24.7 Å². The summed E-state index contributed by atoms with van der Waals surface area (Å²) in [7, 11) is -1.80. The Bertz CT molecular complexity index is 735. The van der Waals surface area contributed by atoms with Gasteiger partial charge in [0.2, 0.25) is 10.0 Å². The molecule has 0 amide bonds. The minimum atomic E-state index is -3.70. The molecule has 0 spiro atoms. The Kier molecular flexibility index (Phi) is 3.82. The quantitative estimate of drug-likeness (QED) is 0.889. The van der Waals surface area contributed by atoms with Gasteiger partial charge in [0.15, 0.2) is 0 Å². The third-order valence-corrected chi connectivity index (χ3v) is 4.24. The number of nitrogens with zero attached hydrogens (tertiary/aromatic N) is 2. The van der Waals surface area contributed by atoms with E-state index in [9.17, 15) is 8.42 Å². The van der Waals surface area contributed by atoms with Crippen LogP contribution < -0.4 is 10.5 Å². The fraction of sp³-hybridized carbons (Fsp3) is 0.308. The fourth-order valence-corrected chi connectivity index (χ4v) is 2.54. The van der Waals surface area contributed by atoms with E-state index in [0.717, 1.165) is 22.5 Å². The van der Waals surface area contributed by atoms with Crippen molar-refractivity contribution in [2.24, 2.45) is 12.2 Å². The van der Waals surface area contributed by atoms with Crippen LogP contribution in [0.15, 0.2) is 29.6 Å². The van der Waals surface area contributed by atoms with E-state index in [2.05, 4.69) is 10.3 Å². The second-order valence-corrected chi connectivity index (χ2v) is 6.37. The van der Waals surface area contributed by atoms with E-state index in [1.807, 2.05) is 25.5 Å². The number of hydrogen-bond acceptors (Lipinski definition) is 4. The molecule has 0 bridgehead atoms. The number of nitrogens with one attached hydrogen (secondary N) is 1. The lowest BCUT2D eigenvalue weighted by molar-refractivity contribution is 0.597. The first kappa shape index (κ1) is 14.5. The van der Waals surface area contributed by atoms with Gasteiger partial charge in [-0.3, -0.25) is 0 Å². The van der Waals surface area contributed by atoms with Crippen molar-refractivity contribution >= 4 is 15.7 Å². The molecule has 6 nitrogen and oxygen atoms in total. The standard InChI is InChI=1S/C13H18N4O2S/c1-9-4-12(20(14,18)19)5-13(10(9)2)16-7-11-6-15-8-17(11)3/h4-6,8,16H,7H2,1-3H3,(H2,14,18,19). The molecule has 108 valence electrons. The van der Waals surface area contributed by atoms with Crippen molar-refractivity contribution in [1.82, 2.24) is 9.55 Å². The molecular formula is C13H18N4O2S. The highest BCUT2D eigenvalue weighted by molar-refractivity contribution is 7.89. The summed E-state index contributed by atoms with van der Waals surface area (Å²) in [6.45, 7) is 4.36. The summed E-state index contributed by atoms with van der Waals surface area (Å²) in [5.74, 6) is 0. The second-order valence-electron chi connectivity index (χ2n) is 4.81. The molecule has 2 rings (SSSR count). The monoisotopic (exact) mass is 294 g/mol. The third-order valence-electron chi connectivity index (χ3n) is 3.35. The molecule has 0 aliphatic rings. The average Bonchev–Trinajstić information content (AvgIpc) is 2.75. The molecule has 3 N–H and O–H groups in total. The van der Waals surface area contributed by atoms with Crippen molar-refractivity contribution in [2.45, 2.75) is 25.3 Å². The van der Waals surface area contributed by atoms with Crippen LogP contribution in [0.5, 0.6) is 0 Å². The lowest BCUT2D eigenvalue weighted by Gasteiger charge is -2.13.